The first-order valence-electron chi connectivity index (χ1n) is 3.92. The van der Waals surface area contributed by atoms with Gasteiger partial charge < -0.3 is 4.74 Å². The highest BCUT2D eigenvalue weighted by atomic mass is 16.5. The molecular weight excluding hydrogens is 126 g/mol. The van der Waals surface area contributed by atoms with Crippen molar-refractivity contribution in [2.45, 2.75) is 38.2 Å². The molecule has 0 radical (unpaired) electrons. The summed E-state index contributed by atoms with van der Waals surface area (Å²) in [5.41, 5.74) is 0. The van der Waals surface area contributed by atoms with Crippen LogP contribution in [0.2, 0.25) is 0 Å². The van der Waals surface area contributed by atoms with Gasteiger partial charge in [0.1, 0.15) is 0 Å². The van der Waals surface area contributed by atoms with E-state index < -0.39 is 0 Å². The summed E-state index contributed by atoms with van der Waals surface area (Å²) in [5, 5.41) is 8.20. The molecule has 0 atom stereocenters. The molecule has 1 aliphatic carbocycles. The fraction of sp³-hybridized carbons (Fsp3) is 0.875. The van der Waals surface area contributed by atoms with Crippen molar-refractivity contribution in [1.82, 2.24) is 0 Å². The molecule has 1 aliphatic rings. The summed E-state index contributed by atoms with van der Waals surface area (Å²) >= 11 is 0. The standard InChI is InChI=1S/C8H13NO/c9-6-1-2-7-10-8-4-3-5-8/h8H,1-5,7H2. The number of nitriles is 1. The molecule has 2 heteroatoms. The van der Waals surface area contributed by atoms with E-state index in [2.05, 4.69) is 6.07 Å². The van der Waals surface area contributed by atoms with Gasteiger partial charge in [0.15, 0.2) is 0 Å². The molecule has 0 aromatic carbocycles. The lowest BCUT2D eigenvalue weighted by Crippen LogP contribution is -2.21. The second-order valence-electron chi connectivity index (χ2n) is 2.69. The van der Waals surface area contributed by atoms with Gasteiger partial charge in [0.25, 0.3) is 0 Å². The normalized spacial score (nSPS) is 17.9. The molecule has 0 N–H and O–H groups in total. The summed E-state index contributed by atoms with van der Waals surface area (Å²) in [5.74, 6) is 0. The molecule has 1 fully saturated rings. The van der Waals surface area contributed by atoms with E-state index in [1.807, 2.05) is 0 Å². The van der Waals surface area contributed by atoms with Crippen LogP contribution in [0.15, 0.2) is 0 Å². The molecule has 0 spiro atoms. The maximum absolute atomic E-state index is 8.20. The summed E-state index contributed by atoms with van der Waals surface area (Å²) in [6, 6.07) is 2.10. The highest BCUT2D eigenvalue weighted by Crippen LogP contribution is 2.21. The Labute approximate surface area is 61.8 Å². The SMILES string of the molecule is N#CCCCOC1CCC1. The van der Waals surface area contributed by atoms with E-state index in [0.29, 0.717) is 12.5 Å². The number of ether oxygens (including phenoxy) is 1. The minimum absolute atomic E-state index is 0.527. The highest BCUT2D eigenvalue weighted by molar-refractivity contribution is 4.71. The van der Waals surface area contributed by atoms with Crippen LogP contribution in [0, 0.1) is 11.3 Å². The van der Waals surface area contributed by atoms with Crippen molar-refractivity contribution in [3.63, 3.8) is 0 Å². The molecule has 0 bridgehead atoms. The largest absolute Gasteiger partial charge is 0.378 e. The van der Waals surface area contributed by atoms with Gasteiger partial charge in [-0.1, -0.05) is 0 Å². The maximum atomic E-state index is 8.20. The number of hydrogen-bond donors (Lipinski definition) is 0. The fourth-order valence-electron chi connectivity index (χ4n) is 0.939. The molecule has 10 heavy (non-hydrogen) atoms. The minimum Gasteiger partial charge on any atom is -0.378 e. The third-order valence-corrected chi connectivity index (χ3v) is 1.84. The molecule has 0 amide bonds. The molecule has 56 valence electrons. The van der Waals surface area contributed by atoms with Gasteiger partial charge in [0.05, 0.1) is 12.2 Å². The molecule has 2 nitrogen and oxygen atoms in total. The second-order valence-corrected chi connectivity index (χ2v) is 2.69. The van der Waals surface area contributed by atoms with Gasteiger partial charge in [0.2, 0.25) is 0 Å². The van der Waals surface area contributed by atoms with Crippen molar-refractivity contribution in [2.24, 2.45) is 0 Å². The molecule has 0 unspecified atom stereocenters. The fourth-order valence-corrected chi connectivity index (χ4v) is 0.939. The van der Waals surface area contributed by atoms with Crippen LogP contribution in [-0.2, 0) is 4.74 Å². The van der Waals surface area contributed by atoms with Crippen LogP contribution in [-0.4, -0.2) is 12.7 Å². The van der Waals surface area contributed by atoms with E-state index in [1.165, 1.54) is 19.3 Å². The first-order valence-corrected chi connectivity index (χ1v) is 3.92. The van der Waals surface area contributed by atoms with Gasteiger partial charge in [-0.15, -0.1) is 0 Å². The molecule has 1 rings (SSSR count). The first kappa shape index (κ1) is 7.56. The minimum atomic E-state index is 0.527. The molecule has 0 aromatic heterocycles. The van der Waals surface area contributed by atoms with Crippen LogP contribution in [0.3, 0.4) is 0 Å². The predicted molar refractivity (Wildman–Crippen MR) is 38.4 cm³/mol. The lowest BCUT2D eigenvalue weighted by molar-refractivity contribution is 0.00180. The Morgan fingerprint density at radius 2 is 2.30 bits per heavy atom. The summed E-state index contributed by atoms with van der Waals surface area (Å²) in [6.07, 6.45) is 5.83. The number of hydrogen-bond acceptors (Lipinski definition) is 2. The zero-order valence-corrected chi connectivity index (χ0v) is 6.18. The first-order chi connectivity index (χ1) is 4.93. The van der Waals surface area contributed by atoms with Crippen LogP contribution < -0.4 is 0 Å². The smallest absolute Gasteiger partial charge is 0.0622 e. The zero-order valence-electron chi connectivity index (χ0n) is 6.18. The average molecular weight is 139 g/mol. The summed E-state index contributed by atoms with van der Waals surface area (Å²) in [6.45, 7) is 0.776. The topological polar surface area (TPSA) is 33.0 Å². The Kier molecular flexibility index (Phi) is 3.25. The number of unbranched alkanes of at least 4 members (excludes halogenated alkanes) is 1. The van der Waals surface area contributed by atoms with Crippen molar-refractivity contribution >= 4 is 0 Å². The van der Waals surface area contributed by atoms with Gasteiger partial charge in [0, 0.05) is 13.0 Å². The Morgan fingerprint density at radius 3 is 2.80 bits per heavy atom. The molecule has 0 aliphatic heterocycles. The van der Waals surface area contributed by atoms with Crippen molar-refractivity contribution in [3.8, 4) is 6.07 Å². The molecule has 1 saturated carbocycles. The maximum Gasteiger partial charge on any atom is 0.0622 e. The van der Waals surface area contributed by atoms with Gasteiger partial charge in [-0.05, 0) is 25.7 Å². The Bertz CT molecular complexity index is 124. The van der Waals surface area contributed by atoms with E-state index in [0.717, 1.165) is 13.0 Å². The average Bonchev–Trinajstić information content (AvgIpc) is 1.84. The summed E-state index contributed by atoms with van der Waals surface area (Å²) in [7, 11) is 0. The third-order valence-electron chi connectivity index (χ3n) is 1.84. The highest BCUT2D eigenvalue weighted by Gasteiger charge is 2.16. The van der Waals surface area contributed by atoms with E-state index in [4.69, 9.17) is 10.00 Å². The molecular formula is C8H13NO. The van der Waals surface area contributed by atoms with Crippen molar-refractivity contribution in [2.75, 3.05) is 6.61 Å². The molecule has 0 aromatic rings. The van der Waals surface area contributed by atoms with Crippen LogP contribution in [0.25, 0.3) is 0 Å². The Morgan fingerprint density at radius 1 is 1.50 bits per heavy atom. The van der Waals surface area contributed by atoms with E-state index in [1.54, 1.807) is 0 Å². The Balaban J connectivity index is 1.81. The van der Waals surface area contributed by atoms with Crippen LogP contribution in [0.5, 0.6) is 0 Å². The van der Waals surface area contributed by atoms with Crippen molar-refractivity contribution < 1.29 is 4.74 Å². The Hall–Kier alpha value is -0.550. The lowest BCUT2D eigenvalue weighted by atomic mass is 9.96. The third kappa shape index (κ3) is 2.36. The van der Waals surface area contributed by atoms with Gasteiger partial charge in [-0.25, -0.2) is 0 Å². The van der Waals surface area contributed by atoms with Crippen molar-refractivity contribution in [1.29, 1.82) is 5.26 Å². The van der Waals surface area contributed by atoms with E-state index >= 15 is 0 Å². The van der Waals surface area contributed by atoms with E-state index in [-0.39, 0.29) is 0 Å². The van der Waals surface area contributed by atoms with Crippen molar-refractivity contribution in [3.05, 3.63) is 0 Å². The van der Waals surface area contributed by atoms with Gasteiger partial charge in [-0.2, -0.15) is 5.26 Å². The second kappa shape index (κ2) is 4.29. The van der Waals surface area contributed by atoms with Gasteiger partial charge in [-0.3, -0.25) is 0 Å². The summed E-state index contributed by atoms with van der Waals surface area (Å²) in [4.78, 5) is 0. The predicted octanol–water partition coefficient (Wildman–Crippen LogP) is 1.86. The quantitative estimate of drug-likeness (QED) is 0.557. The number of rotatable bonds is 4. The van der Waals surface area contributed by atoms with Crippen LogP contribution in [0.4, 0.5) is 0 Å². The van der Waals surface area contributed by atoms with Gasteiger partial charge >= 0.3 is 0 Å². The lowest BCUT2D eigenvalue weighted by Gasteiger charge is -2.25. The molecule has 0 saturated heterocycles. The molecule has 0 heterocycles. The zero-order chi connectivity index (χ0) is 7.23. The van der Waals surface area contributed by atoms with Crippen LogP contribution >= 0.6 is 0 Å². The number of nitrogens with zero attached hydrogens (tertiary/aromatic N) is 1. The van der Waals surface area contributed by atoms with Crippen LogP contribution in [0.1, 0.15) is 32.1 Å². The van der Waals surface area contributed by atoms with E-state index in [9.17, 15) is 0 Å². The monoisotopic (exact) mass is 139 g/mol. The summed E-state index contributed by atoms with van der Waals surface area (Å²) < 4.78 is 5.43.